The van der Waals surface area contributed by atoms with Gasteiger partial charge in [-0.1, -0.05) is 31.1 Å². The summed E-state index contributed by atoms with van der Waals surface area (Å²) in [7, 11) is 0. The highest BCUT2D eigenvalue weighted by molar-refractivity contribution is 5.87. The van der Waals surface area contributed by atoms with Crippen LogP contribution < -0.4 is 16.2 Å². The van der Waals surface area contributed by atoms with Gasteiger partial charge < -0.3 is 20.9 Å². The van der Waals surface area contributed by atoms with E-state index in [0.717, 1.165) is 49.1 Å². The number of anilines is 2. The summed E-state index contributed by atoms with van der Waals surface area (Å²) < 4.78 is 10.9. The van der Waals surface area contributed by atoms with Gasteiger partial charge in [0.05, 0.1) is 12.5 Å². The molecule has 0 radical (unpaired) electrons. The van der Waals surface area contributed by atoms with Crippen molar-refractivity contribution in [2.24, 2.45) is 11.8 Å². The van der Waals surface area contributed by atoms with Crippen molar-refractivity contribution in [1.82, 2.24) is 0 Å². The molecular formula is C30H38N2O4. The van der Waals surface area contributed by atoms with E-state index >= 15 is 0 Å². The maximum Gasteiger partial charge on any atom is 0.330 e. The number of allylic oxidation sites excluding steroid dienone is 1. The van der Waals surface area contributed by atoms with Gasteiger partial charge in [0.25, 0.3) is 0 Å². The number of esters is 2. The minimum atomic E-state index is -0.432. The van der Waals surface area contributed by atoms with Crippen LogP contribution in [0.15, 0.2) is 61.2 Å². The van der Waals surface area contributed by atoms with Gasteiger partial charge in [0.15, 0.2) is 0 Å². The molecule has 6 nitrogen and oxygen atoms in total. The number of unbranched alkanes of at least 4 members (excludes halogenated alkanes) is 2. The predicted octanol–water partition coefficient (Wildman–Crippen LogP) is 6.11. The zero-order valence-corrected chi connectivity index (χ0v) is 21.0. The molecule has 1 fully saturated rings. The van der Waals surface area contributed by atoms with Crippen LogP contribution in [0.25, 0.3) is 6.08 Å². The summed E-state index contributed by atoms with van der Waals surface area (Å²) in [6.07, 6.45) is 14.3. The Morgan fingerprint density at radius 1 is 0.972 bits per heavy atom. The number of benzene rings is 2. The largest absolute Gasteiger partial charge is 0.462 e. The standard InChI is InChI=1S/C30H38N2O4/c1-2-3-4-5-6-22-7-12-25(13-8-22)30(34)36-28-14-9-23(10-15-28)11-16-29(33)35-18-17-24-19-26(31)21-27(32)20-24/h2,9-11,14-16,19-22,25H,1,3-8,12-13,17-18,31-32H2/b16-11+. The Morgan fingerprint density at radius 3 is 2.33 bits per heavy atom. The van der Waals surface area contributed by atoms with Gasteiger partial charge in [0, 0.05) is 23.9 Å². The second kappa shape index (κ2) is 14.1. The molecule has 4 N–H and O–H groups in total. The van der Waals surface area contributed by atoms with Crippen molar-refractivity contribution in [2.45, 2.75) is 57.8 Å². The van der Waals surface area contributed by atoms with Gasteiger partial charge in [0.1, 0.15) is 5.75 Å². The summed E-state index contributed by atoms with van der Waals surface area (Å²) in [5.41, 5.74) is 14.5. The Hall–Kier alpha value is -3.54. The molecule has 0 unspecified atom stereocenters. The molecule has 0 aromatic heterocycles. The topological polar surface area (TPSA) is 105 Å². The van der Waals surface area contributed by atoms with E-state index in [1.807, 2.05) is 30.3 Å². The molecule has 2 aromatic carbocycles. The summed E-state index contributed by atoms with van der Waals surface area (Å²) in [5, 5.41) is 0. The zero-order valence-electron chi connectivity index (χ0n) is 21.0. The van der Waals surface area contributed by atoms with E-state index in [9.17, 15) is 9.59 Å². The third-order valence-corrected chi connectivity index (χ3v) is 6.63. The summed E-state index contributed by atoms with van der Waals surface area (Å²) in [5.74, 6) is 0.653. The van der Waals surface area contributed by atoms with E-state index in [-0.39, 0.29) is 18.5 Å². The van der Waals surface area contributed by atoms with Crippen LogP contribution >= 0.6 is 0 Å². The van der Waals surface area contributed by atoms with Crippen molar-refractivity contribution in [3.05, 3.63) is 72.3 Å². The van der Waals surface area contributed by atoms with Crippen LogP contribution in [0.2, 0.25) is 0 Å². The normalized spacial score (nSPS) is 17.6. The first-order chi connectivity index (χ1) is 17.4. The van der Waals surface area contributed by atoms with Gasteiger partial charge in [0.2, 0.25) is 0 Å². The maximum absolute atomic E-state index is 12.6. The molecule has 1 aliphatic carbocycles. The van der Waals surface area contributed by atoms with Crippen molar-refractivity contribution in [1.29, 1.82) is 0 Å². The average molecular weight is 491 g/mol. The highest BCUT2D eigenvalue weighted by Crippen LogP contribution is 2.33. The Morgan fingerprint density at radius 2 is 1.67 bits per heavy atom. The van der Waals surface area contributed by atoms with Gasteiger partial charge in [-0.15, -0.1) is 6.58 Å². The maximum atomic E-state index is 12.6. The SMILES string of the molecule is C=CCCCCC1CCC(C(=O)Oc2ccc(/C=C/C(=O)OCCc3cc(N)cc(N)c3)cc2)CC1. The van der Waals surface area contributed by atoms with Crippen LogP contribution in [0, 0.1) is 11.8 Å². The van der Waals surface area contributed by atoms with Gasteiger partial charge in [-0.2, -0.15) is 0 Å². The molecule has 0 atom stereocenters. The van der Waals surface area contributed by atoms with E-state index in [2.05, 4.69) is 6.58 Å². The van der Waals surface area contributed by atoms with Crippen molar-refractivity contribution < 1.29 is 19.1 Å². The number of hydrogen-bond donors (Lipinski definition) is 2. The number of carbonyl (C=O) groups is 2. The molecule has 0 aliphatic heterocycles. The third-order valence-electron chi connectivity index (χ3n) is 6.63. The monoisotopic (exact) mass is 490 g/mol. The van der Waals surface area contributed by atoms with Crippen LogP contribution in [-0.2, 0) is 20.7 Å². The van der Waals surface area contributed by atoms with E-state index in [4.69, 9.17) is 20.9 Å². The van der Waals surface area contributed by atoms with Gasteiger partial charge in [-0.25, -0.2) is 4.79 Å². The zero-order chi connectivity index (χ0) is 25.8. The Balaban J connectivity index is 1.37. The van der Waals surface area contributed by atoms with Crippen molar-refractivity contribution in [2.75, 3.05) is 18.1 Å². The fourth-order valence-electron chi connectivity index (χ4n) is 4.63. The lowest BCUT2D eigenvalue weighted by Crippen LogP contribution is -2.25. The van der Waals surface area contributed by atoms with Crippen molar-refractivity contribution in [3.8, 4) is 5.75 Å². The molecule has 0 amide bonds. The summed E-state index contributed by atoms with van der Waals surface area (Å²) in [4.78, 5) is 24.6. The van der Waals surface area contributed by atoms with Gasteiger partial charge in [-0.3, -0.25) is 4.79 Å². The fraction of sp³-hybridized carbons (Fsp3) is 0.400. The smallest absolute Gasteiger partial charge is 0.330 e. The third kappa shape index (κ3) is 9.25. The molecule has 36 heavy (non-hydrogen) atoms. The van der Waals surface area contributed by atoms with Crippen LogP contribution in [-0.4, -0.2) is 18.5 Å². The number of nitrogen functional groups attached to an aromatic ring is 2. The number of rotatable bonds is 12. The van der Waals surface area contributed by atoms with Crippen LogP contribution in [0.5, 0.6) is 5.75 Å². The Labute approximate surface area is 214 Å². The van der Waals surface area contributed by atoms with Gasteiger partial charge in [-0.05, 0) is 92.0 Å². The molecule has 0 heterocycles. The lowest BCUT2D eigenvalue weighted by atomic mass is 9.80. The highest BCUT2D eigenvalue weighted by atomic mass is 16.5. The molecule has 0 spiro atoms. The van der Waals surface area contributed by atoms with Crippen LogP contribution in [0.1, 0.15) is 62.5 Å². The number of ether oxygens (including phenoxy) is 2. The molecule has 1 saturated carbocycles. The second-order valence-corrected chi connectivity index (χ2v) is 9.54. The first-order valence-corrected chi connectivity index (χ1v) is 12.9. The molecule has 192 valence electrons. The Bertz CT molecular complexity index is 1020. The lowest BCUT2D eigenvalue weighted by Gasteiger charge is -2.27. The molecule has 1 aliphatic rings. The fourth-order valence-corrected chi connectivity index (χ4v) is 4.63. The van der Waals surface area contributed by atoms with E-state index < -0.39 is 5.97 Å². The van der Waals surface area contributed by atoms with Crippen molar-refractivity contribution >= 4 is 29.4 Å². The molecule has 6 heteroatoms. The molecular weight excluding hydrogens is 452 g/mol. The molecule has 0 bridgehead atoms. The second-order valence-electron chi connectivity index (χ2n) is 9.54. The average Bonchev–Trinajstić information content (AvgIpc) is 2.86. The molecule has 0 saturated heterocycles. The van der Waals surface area contributed by atoms with E-state index in [1.54, 1.807) is 24.3 Å². The Kier molecular flexibility index (Phi) is 10.6. The first kappa shape index (κ1) is 27.1. The van der Waals surface area contributed by atoms with E-state index in [0.29, 0.717) is 23.5 Å². The molecule has 3 rings (SSSR count). The first-order valence-electron chi connectivity index (χ1n) is 12.9. The summed E-state index contributed by atoms with van der Waals surface area (Å²) in [6.45, 7) is 4.01. The summed E-state index contributed by atoms with van der Waals surface area (Å²) in [6, 6.07) is 12.4. The van der Waals surface area contributed by atoms with Crippen LogP contribution in [0.3, 0.4) is 0 Å². The highest BCUT2D eigenvalue weighted by Gasteiger charge is 2.27. The number of hydrogen-bond acceptors (Lipinski definition) is 6. The summed E-state index contributed by atoms with van der Waals surface area (Å²) >= 11 is 0. The van der Waals surface area contributed by atoms with Gasteiger partial charge >= 0.3 is 11.9 Å². The van der Waals surface area contributed by atoms with Crippen molar-refractivity contribution in [3.63, 3.8) is 0 Å². The predicted molar refractivity (Wildman–Crippen MR) is 145 cm³/mol. The van der Waals surface area contributed by atoms with Crippen LogP contribution in [0.4, 0.5) is 11.4 Å². The molecule has 2 aromatic rings. The minimum absolute atomic E-state index is 0.0208. The number of carbonyl (C=O) groups excluding carboxylic acids is 2. The quantitative estimate of drug-likeness (QED) is 0.0929. The number of nitrogens with two attached hydrogens (primary N) is 2. The van der Waals surface area contributed by atoms with E-state index in [1.165, 1.54) is 25.3 Å². The minimum Gasteiger partial charge on any atom is -0.462 e. The lowest BCUT2D eigenvalue weighted by molar-refractivity contribution is -0.140.